The Labute approximate surface area is 167 Å². The van der Waals surface area contributed by atoms with E-state index in [-0.39, 0.29) is 17.3 Å². The van der Waals surface area contributed by atoms with Gasteiger partial charge in [0.1, 0.15) is 0 Å². The van der Waals surface area contributed by atoms with Crippen LogP contribution in [0.4, 0.5) is 0 Å². The Morgan fingerprint density at radius 2 is 1.46 bits per heavy atom. The molecule has 4 bridgehead atoms. The van der Waals surface area contributed by atoms with Gasteiger partial charge < -0.3 is 9.64 Å². The molecule has 1 atom stereocenters. The van der Waals surface area contributed by atoms with E-state index in [0.29, 0.717) is 17.8 Å². The molecule has 6 rings (SSSR count). The third-order valence-corrected chi connectivity index (χ3v) is 7.69. The smallest absolute Gasteiger partial charge is 0.313 e. The molecule has 0 N–H and O–H groups in total. The van der Waals surface area contributed by atoms with Crippen LogP contribution in [0.15, 0.2) is 30.3 Å². The summed E-state index contributed by atoms with van der Waals surface area (Å²) in [5, 5.41) is 0. The summed E-state index contributed by atoms with van der Waals surface area (Å²) in [6.45, 7) is 1.55. The molecule has 4 aliphatic carbocycles. The number of amides is 1. The molecule has 5 aliphatic rings. The molecule has 0 aromatic heterocycles. The van der Waals surface area contributed by atoms with Crippen molar-refractivity contribution in [3.8, 4) is 0 Å². The quantitative estimate of drug-likeness (QED) is 0.722. The van der Waals surface area contributed by atoms with Gasteiger partial charge in [0.25, 0.3) is 5.91 Å². The Hall–Kier alpha value is -1.84. The Balaban J connectivity index is 1.38. The molecule has 4 heteroatoms. The SMILES string of the molecule is O=C([C@H](OC(=O)C12CC3CC(CC(C3)C1)C2)c1ccccc1)N1CCCCC1. The molecule has 1 amide bonds. The van der Waals surface area contributed by atoms with Gasteiger partial charge in [0, 0.05) is 18.7 Å². The van der Waals surface area contributed by atoms with Crippen LogP contribution in [0.25, 0.3) is 0 Å². The number of likely N-dealkylation sites (tertiary alicyclic amines) is 1. The summed E-state index contributed by atoms with van der Waals surface area (Å²) in [5.41, 5.74) is 0.473. The van der Waals surface area contributed by atoms with E-state index >= 15 is 0 Å². The molecule has 150 valence electrons. The lowest BCUT2D eigenvalue weighted by Gasteiger charge is -2.55. The fourth-order valence-electron chi connectivity index (χ4n) is 6.76. The monoisotopic (exact) mass is 381 g/mol. The number of rotatable bonds is 4. The predicted molar refractivity (Wildman–Crippen MR) is 106 cm³/mol. The van der Waals surface area contributed by atoms with E-state index in [1.807, 2.05) is 35.2 Å². The van der Waals surface area contributed by atoms with Gasteiger partial charge in [0.15, 0.2) is 0 Å². The van der Waals surface area contributed by atoms with Crippen LogP contribution < -0.4 is 0 Å². The first kappa shape index (κ1) is 18.2. The normalized spacial score (nSPS) is 34.9. The highest BCUT2D eigenvalue weighted by molar-refractivity contribution is 5.86. The molecule has 0 unspecified atom stereocenters. The Morgan fingerprint density at radius 3 is 2.04 bits per heavy atom. The number of piperidine rings is 1. The second kappa shape index (κ2) is 7.20. The van der Waals surface area contributed by atoms with Crippen molar-refractivity contribution in [2.45, 2.75) is 63.9 Å². The summed E-state index contributed by atoms with van der Waals surface area (Å²) >= 11 is 0. The molecular formula is C24H31NO3. The molecule has 0 radical (unpaired) electrons. The highest BCUT2D eigenvalue weighted by atomic mass is 16.5. The van der Waals surface area contributed by atoms with Crippen molar-refractivity contribution in [3.05, 3.63) is 35.9 Å². The number of hydrogen-bond acceptors (Lipinski definition) is 3. The van der Waals surface area contributed by atoms with Gasteiger partial charge in [-0.1, -0.05) is 30.3 Å². The molecule has 4 nitrogen and oxygen atoms in total. The number of carbonyl (C=O) groups excluding carboxylic acids is 2. The molecule has 1 aromatic rings. The largest absolute Gasteiger partial charge is 0.447 e. The van der Waals surface area contributed by atoms with Crippen LogP contribution in [0.3, 0.4) is 0 Å². The summed E-state index contributed by atoms with van der Waals surface area (Å²) in [4.78, 5) is 28.7. The van der Waals surface area contributed by atoms with E-state index in [9.17, 15) is 9.59 Å². The molecule has 0 spiro atoms. The van der Waals surface area contributed by atoms with Crippen LogP contribution in [0, 0.1) is 23.2 Å². The minimum absolute atomic E-state index is 0.0380. The van der Waals surface area contributed by atoms with Gasteiger partial charge in [-0.2, -0.15) is 0 Å². The van der Waals surface area contributed by atoms with Gasteiger partial charge in [-0.05, 0) is 75.5 Å². The fraction of sp³-hybridized carbons (Fsp3) is 0.667. The van der Waals surface area contributed by atoms with Crippen molar-refractivity contribution in [2.75, 3.05) is 13.1 Å². The van der Waals surface area contributed by atoms with Gasteiger partial charge in [-0.3, -0.25) is 9.59 Å². The number of hydrogen-bond donors (Lipinski definition) is 0. The summed E-state index contributed by atoms with van der Waals surface area (Å²) in [7, 11) is 0. The maximum absolute atomic E-state index is 13.5. The van der Waals surface area contributed by atoms with E-state index in [4.69, 9.17) is 4.74 Å². The average molecular weight is 382 g/mol. The van der Waals surface area contributed by atoms with Crippen molar-refractivity contribution < 1.29 is 14.3 Å². The van der Waals surface area contributed by atoms with Gasteiger partial charge in [-0.15, -0.1) is 0 Å². The van der Waals surface area contributed by atoms with Crippen LogP contribution in [0.1, 0.15) is 69.5 Å². The number of esters is 1. The van der Waals surface area contributed by atoms with E-state index in [2.05, 4.69) is 0 Å². The molecule has 1 aromatic carbocycles. The van der Waals surface area contributed by atoms with Crippen molar-refractivity contribution in [1.82, 2.24) is 4.90 Å². The maximum atomic E-state index is 13.5. The lowest BCUT2D eigenvalue weighted by Crippen LogP contribution is -2.51. The maximum Gasteiger partial charge on any atom is 0.313 e. The van der Waals surface area contributed by atoms with Crippen LogP contribution in [0.5, 0.6) is 0 Å². The second-order valence-corrected chi connectivity index (χ2v) is 9.78. The molecular weight excluding hydrogens is 350 g/mol. The Bertz CT molecular complexity index is 702. The molecule has 5 fully saturated rings. The standard InChI is InChI=1S/C24H31NO3/c26-22(25-9-5-2-6-10-25)21(20-7-3-1-4-8-20)28-23(27)24-14-17-11-18(15-24)13-19(12-17)16-24/h1,3-4,7-8,17-19,21H,2,5-6,9-16H2/t17?,18?,19?,21-,24?/m1/s1. The van der Waals surface area contributed by atoms with Gasteiger partial charge >= 0.3 is 5.97 Å². The number of benzene rings is 1. The van der Waals surface area contributed by atoms with Crippen LogP contribution in [-0.4, -0.2) is 29.9 Å². The minimum atomic E-state index is -0.792. The third kappa shape index (κ3) is 3.25. The number of nitrogens with zero attached hydrogens (tertiary/aromatic N) is 1. The Morgan fingerprint density at radius 1 is 0.893 bits per heavy atom. The van der Waals surface area contributed by atoms with E-state index < -0.39 is 6.10 Å². The molecule has 1 saturated heterocycles. The van der Waals surface area contributed by atoms with Crippen LogP contribution >= 0.6 is 0 Å². The molecule has 28 heavy (non-hydrogen) atoms. The average Bonchev–Trinajstić information content (AvgIpc) is 2.71. The zero-order valence-electron chi connectivity index (χ0n) is 16.6. The topological polar surface area (TPSA) is 46.6 Å². The lowest BCUT2D eigenvalue weighted by molar-refractivity contribution is -0.182. The molecule has 1 aliphatic heterocycles. The first-order chi connectivity index (χ1) is 13.6. The number of ether oxygens (including phenoxy) is 1. The van der Waals surface area contributed by atoms with E-state index in [1.54, 1.807) is 0 Å². The Kier molecular flexibility index (Phi) is 4.68. The van der Waals surface area contributed by atoms with Crippen LogP contribution in [0.2, 0.25) is 0 Å². The van der Waals surface area contributed by atoms with Crippen LogP contribution in [-0.2, 0) is 14.3 Å². The lowest BCUT2D eigenvalue weighted by atomic mass is 9.49. The summed E-state index contributed by atoms with van der Waals surface area (Å²) in [6, 6.07) is 9.61. The predicted octanol–water partition coefficient (Wildman–Crippen LogP) is 4.50. The highest BCUT2D eigenvalue weighted by Crippen LogP contribution is 2.60. The summed E-state index contributed by atoms with van der Waals surface area (Å²) < 4.78 is 6.11. The first-order valence-electron chi connectivity index (χ1n) is 11.2. The van der Waals surface area contributed by atoms with E-state index in [1.165, 1.54) is 25.7 Å². The third-order valence-electron chi connectivity index (χ3n) is 7.69. The van der Waals surface area contributed by atoms with Gasteiger partial charge in [0.2, 0.25) is 6.10 Å². The van der Waals surface area contributed by atoms with Crippen molar-refractivity contribution in [2.24, 2.45) is 23.2 Å². The second-order valence-electron chi connectivity index (χ2n) is 9.78. The fourth-order valence-corrected chi connectivity index (χ4v) is 6.76. The molecule has 4 saturated carbocycles. The zero-order valence-corrected chi connectivity index (χ0v) is 16.6. The van der Waals surface area contributed by atoms with E-state index in [0.717, 1.165) is 50.8 Å². The van der Waals surface area contributed by atoms with Crippen molar-refractivity contribution >= 4 is 11.9 Å². The molecule has 1 heterocycles. The number of carbonyl (C=O) groups is 2. The summed E-state index contributed by atoms with van der Waals surface area (Å²) in [6.07, 6.45) is 9.24. The highest BCUT2D eigenvalue weighted by Gasteiger charge is 2.56. The summed E-state index contributed by atoms with van der Waals surface area (Å²) in [5.74, 6) is 1.92. The van der Waals surface area contributed by atoms with Gasteiger partial charge in [-0.25, -0.2) is 0 Å². The van der Waals surface area contributed by atoms with Crippen molar-refractivity contribution in [1.29, 1.82) is 0 Å². The van der Waals surface area contributed by atoms with Gasteiger partial charge in [0.05, 0.1) is 5.41 Å². The minimum Gasteiger partial charge on any atom is -0.447 e. The first-order valence-corrected chi connectivity index (χ1v) is 11.2. The van der Waals surface area contributed by atoms with Crippen molar-refractivity contribution in [3.63, 3.8) is 0 Å². The zero-order chi connectivity index (χ0) is 19.1.